The van der Waals surface area contributed by atoms with Crippen molar-refractivity contribution in [3.05, 3.63) is 28.8 Å². The van der Waals surface area contributed by atoms with Crippen LogP contribution >= 0.6 is 11.6 Å². The highest BCUT2D eigenvalue weighted by Crippen LogP contribution is 2.49. The number of likely N-dealkylation sites (tertiary alicyclic amines) is 1. The molecule has 23 heavy (non-hydrogen) atoms. The lowest BCUT2D eigenvalue weighted by Crippen LogP contribution is -2.37. The fraction of sp³-hybridized carbons (Fsp3) is 0.529. The predicted octanol–water partition coefficient (Wildman–Crippen LogP) is 3.10. The summed E-state index contributed by atoms with van der Waals surface area (Å²) in [5.41, 5.74) is 0.496. The molecule has 0 aromatic heterocycles. The quantitative estimate of drug-likeness (QED) is 0.886. The zero-order chi connectivity index (χ0) is 16.6. The number of amides is 1. The molecule has 1 aromatic rings. The van der Waals surface area contributed by atoms with Crippen LogP contribution in [0.15, 0.2) is 18.2 Å². The highest BCUT2D eigenvalue weighted by Gasteiger charge is 2.55. The van der Waals surface area contributed by atoms with Crippen molar-refractivity contribution in [3.63, 3.8) is 0 Å². The van der Waals surface area contributed by atoms with Crippen LogP contribution in [0.3, 0.4) is 0 Å². The number of aliphatic carboxylic acids is 1. The van der Waals surface area contributed by atoms with Crippen molar-refractivity contribution in [1.82, 2.24) is 4.90 Å². The maximum absolute atomic E-state index is 12.9. The molecule has 1 saturated heterocycles. The Labute approximate surface area is 140 Å². The number of hydrogen-bond donors (Lipinski definition) is 2. The molecule has 6 heteroatoms. The Morgan fingerprint density at radius 3 is 2.91 bits per heavy atom. The zero-order valence-corrected chi connectivity index (χ0v) is 13.9. The number of carboxylic acids is 1. The largest absolute Gasteiger partial charge is 0.481 e. The Balaban J connectivity index is 1.88. The van der Waals surface area contributed by atoms with Crippen LogP contribution in [0.5, 0.6) is 0 Å². The second kappa shape index (κ2) is 6.04. The normalized spacial score (nSPS) is 26.2. The van der Waals surface area contributed by atoms with Crippen molar-refractivity contribution in [2.75, 3.05) is 25.0 Å². The molecule has 2 aliphatic rings. The minimum absolute atomic E-state index is 0.0609. The van der Waals surface area contributed by atoms with Gasteiger partial charge in [0.25, 0.3) is 5.91 Å². The van der Waals surface area contributed by atoms with Crippen LogP contribution < -0.4 is 5.32 Å². The summed E-state index contributed by atoms with van der Waals surface area (Å²) in [5, 5.41) is 13.3. The lowest BCUT2D eigenvalue weighted by Gasteiger charge is -2.24. The van der Waals surface area contributed by atoms with Crippen LogP contribution in [0.2, 0.25) is 5.02 Å². The van der Waals surface area contributed by atoms with Gasteiger partial charge in [0.1, 0.15) is 0 Å². The molecule has 2 fully saturated rings. The summed E-state index contributed by atoms with van der Waals surface area (Å²) in [7, 11) is 0. The van der Waals surface area contributed by atoms with E-state index in [4.69, 9.17) is 11.6 Å². The van der Waals surface area contributed by atoms with Crippen LogP contribution in [-0.2, 0) is 4.79 Å². The maximum atomic E-state index is 12.9. The fourth-order valence-corrected chi connectivity index (χ4v) is 4.17. The van der Waals surface area contributed by atoms with Gasteiger partial charge in [0.2, 0.25) is 0 Å². The van der Waals surface area contributed by atoms with Gasteiger partial charge in [-0.05, 0) is 43.9 Å². The molecule has 0 radical (unpaired) electrons. The Morgan fingerprint density at radius 2 is 2.26 bits per heavy atom. The molecule has 5 nitrogen and oxygen atoms in total. The number of benzene rings is 1. The third-order valence-electron chi connectivity index (χ3n) is 5.16. The molecule has 0 spiro atoms. The van der Waals surface area contributed by atoms with E-state index in [1.54, 1.807) is 23.1 Å². The summed E-state index contributed by atoms with van der Waals surface area (Å²) < 4.78 is 0. The van der Waals surface area contributed by atoms with E-state index in [1.165, 1.54) is 0 Å². The summed E-state index contributed by atoms with van der Waals surface area (Å²) in [4.78, 5) is 26.4. The fourth-order valence-electron chi connectivity index (χ4n) is 4.00. The highest BCUT2D eigenvalue weighted by atomic mass is 35.5. The molecule has 3 rings (SSSR count). The van der Waals surface area contributed by atoms with E-state index in [0.29, 0.717) is 36.6 Å². The SMILES string of the molecule is CCNc1ccc(Cl)cc1C(=O)N1C[C@@H]2CCC[C@@]2(C(=O)O)C1. The zero-order valence-electron chi connectivity index (χ0n) is 13.1. The van der Waals surface area contributed by atoms with E-state index in [2.05, 4.69) is 5.32 Å². The van der Waals surface area contributed by atoms with Gasteiger partial charge in [-0.3, -0.25) is 9.59 Å². The highest BCUT2D eigenvalue weighted by molar-refractivity contribution is 6.31. The first kappa shape index (κ1) is 16.1. The molecule has 2 N–H and O–H groups in total. The van der Waals surface area contributed by atoms with E-state index in [-0.39, 0.29) is 11.8 Å². The third-order valence-corrected chi connectivity index (χ3v) is 5.40. The van der Waals surface area contributed by atoms with Gasteiger partial charge in [0.05, 0.1) is 11.0 Å². The maximum Gasteiger partial charge on any atom is 0.311 e. The lowest BCUT2D eigenvalue weighted by atomic mass is 9.81. The van der Waals surface area contributed by atoms with Gasteiger partial charge in [-0.1, -0.05) is 18.0 Å². The third kappa shape index (κ3) is 2.67. The minimum atomic E-state index is -0.770. The molecule has 1 aromatic carbocycles. The van der Waals surface area contributed by atoms with Gasteiger partial charge >= 0.3 is 5.97 Å². The molecule has 1 saturated carbocycles. The van der Waals surface area contributed by atoms with Crippen LogP contribution in [0.25, 0.3) is 0 Å². The van der Waals surface area contributed by atoms with Gasteiger partial charge in [-0.25, -0.2) is 0 Å². The smallest absolute Gasteiger partial charge is 0.311 e. The Hall–Kier alpha value is -1.75. The molecule has 1 amide bonds. The number of nitrogens with zero attached hydrogens (tertiary/aromatic N) is 1. The number of hydrogen-bond acceptors (Lipinski definition) is 3. The van der Waals surface area contributed by atoms with E-state index in [1.807, 2.05) is 6.92 Å². The number of fused-ring (bicyclic) bond motifs is 1. The number of carbonyl (C=O) groups is 2. The number of rotatable bonds is 4. The molecular weight excluding hydrogens is 316 g/mol. The number of carbonyl (C=O) groups excluding carboxylic acids is 1. The van der Waals surface area contributed by atoms with Crippen LogP contribution in [0.1, 0.15) is 36.5 Å². The molecular formula is C17H21ClN2O3. The average molecular weight is 337 g/mol. The Bertz CT molecular complexity index is 649. The van der Waals surface area contributed by atoms with Gasteiger partial charge < -0.3 is 15.3 Å². The number of carboxylic acid groups (broad SMARTS) is 1. The summed E-state index contributed by atoms with van der Waals surface area (Å²) in [6, 6.07) is 5.19. The molecule has 0 bridgehead atoms. The van der Waals surface area contributed by atoms with Gasteiger partial charge in [0, 0.05) is 30.3 Å². The molecule has 1 heterocycles. The number of halogens is 1. The summed E-state index contributed by atoms with van der Waals surface area (Å²) in [6.07, 6.45) is 2.47. The first-order valence-electron chi connectivity index (χ1n) is 8.04. The number of nitrogens with one attached hydrogen (secondary N) is 1. The first-order valence-corrected chi connectivity index (χ1v) is 8.42. The minimum Gasteiger partial charge on any atom is -0.481 e. The van der Waals surface area contributed by atoms with Crippen molar-refractivity contribution in [1.29, 1.82) is 0 Å². The summed E-state index contributed by atoms with van der Waals surface area (Å²) in [5.74, 6) is -0.850. The van der Waals surface area contributed by atoms with Crippen molar-refractivity contribution < 1.29 is 14.7 Å². The van der Waals surface area contributed by atoms with E-state index in [9.17, 15) is 14.7 Å². The summed E-state index contributed by atoms with van der Waals surface area (Å²) >= 11 is 6.05. The molecule has 0 unspecified atom stereocenters. The van der Waals surface area contributed by atoms with E-state index >= 15 is 0 Å². The topological polar surface area (TPSA) is 69.6 Å². The summed E-state index contributed by atoms with van der Waals surface area (Å²) in [6.45, 7) is 3.47. The predicted molar refractivity (Wildman–Crippen MR) is 88.9 cm³/mol. The van der Waals surface area contributed by atoms with E-state index in [0.717, 1.165) is 18.5 Å². The van der Waals surface area contributed by atoms with Crippen molar-refractivity contribution in [3.8, 4) is 0 Å². The molecule has 1 aliphatic heterocycles. The molecule has 124 valence electrons. The monoisotopic (exact) mass is 336 g/mol. The van der Waals surface area contributed by atoms with Gasteiger partial charge in [0.15, 0.2) is 0 Å². The van der Waals surface area contributed by atoms with Gasteiger partial charge in [-0.15, -0.1) is 0 Å². The number of anilines is 1. The average Bonchev–Trinajstić information content (AvgIpc) is 3.06. The van der Waals surface area contributed by atoms with Crippen molar-refractivity contribution >= 4 is 29.2 Å². The van der Waals surface area contributed by atoms with Crippen molar-refractivity contribution in [2.45, 2.75) is 26.2 Å². The lowest BCUT2D eigenvalue weighted by molar-refractivity contribution is -0.149. The van der Waals surface area contributed by atoms with Crippen LogP contribution in [-0.4, -0.2) is 41.5 Å². The second-order valence-corrected chi connectivity index (χ2v) is 6.89. The first-order chi connectivity index (χ1) is 11.0. The van der Waals surface area contributed by atoms with E-state index < -0.39 is 11.4 Å². The standard InChI is InChI=1S/C17H21ClN2O3/c1-2-19-14-6-5-12(18)8-13(14)15(21)20-9-11-4-3-7-17(11,10-20)16(22)23/h5-6,8,11,19H,2-4,7,9-10H2,1H3,(H,22,23)/t11-,17+/m0/s1. The Morgan fingerprint density at radius 1 is 1.48 bits per heavy atom. The van der Waals surface area contributed by atoms with Crippen molar-refractivity contribution in [2.24, 2.45) is 11.3 Å². The molecule has 2 atom stereocenters. The Kier molecular flexibility index (Phi) is 4.23. The van der Waals surface area contributed by atoms with Crippen LogP contribution in [0.4, 0.5) is 5.69 Å². The molecule has 1 aliphatic carbocycles. The van der Waals surface area contributed by atoms with Crippen LogP contribution in [0, 0.1) is 11.3 Å². The van der Waals surface area contributed by atoms with Gasteiger partial charge in [-0.2, -0.15) is 0 Å². The second-order valence-electron chi connectivity index (χ2n) is 6.46.